The highest BCUT2D eigenvalue weighted by molar-refractivity contribution is 5.75. The van der Waals surface area contributed by atoms with Gasteiger partial charge in [-0.15, -0.1) is 0 Å². The van der Waals surface area contributed by atoms with Gasteiger partial charge in [-0.2, -0.15) is 0 Å². The lowest BCUT2D eigenvalue weighted by Gasteiger charge is -2.24. The van der Waals surface area contributed by atoms with Crippen molar-refractivity contribution in [2.45, 2.75) is 39.5 Å². The lowest BCUT2D eigenvalue weighted by atomic mass is 9.87. The van der Waals surface area contributed by atoms with E-state index < -0.39 is 11.4 Å². The highest BCUT2D eigenvalue weighted by Gasteiger charge is 2.31. The van der Waals surface area contributed by atoms with Crippen molar-refractivity contribution in [2.75, 3.05) is 11.9 Å². The molecule has 1 atom stereocenters. The number of hydrogen-bond acceptors (Lipinski definition) is 4. The maximum absolute atomic E-state index is 11.2. The monoisotopic (exact) mass is 249 g/mol. The molecule has 1 aliphatic carbocycles. The van der Waals surface area contributed by atoms with Gasteiger partial charge in [-0.3, -0.25) is 4.79 Å². The van der Waals surface area contributed by atoms with Gasteiger partial charge in [-0.05, 0) is 32.6 Å². The second kappa shape index (κ2) is 4.92. The van der Waals surface area contributed by atoms with E-state index in [1.54, 1.807) is 13.3 Å². The van der Waals surface area contributed by atoms with Gasteiger partial charge in [0.05, 0.1) is 5.41 Å². The second-order valence-electron chi connectivity index (χ2n) is 5.07. The predicted octanol–water partition coefficient (Wildman–Crippen LogP) is 1.88. The van der Waals surface area contributed by atoms with Crippen LogP contribution in [-0.2, 0) is 17.6 Å². The minimum atomic E-state index is -0.775. The predicted molar refractivity (Wildman–Crippen MR) is 68.6 cm³/mol. The van der Waals surface area contributed by atoms with E-state index in [2.05, 4.69) is 15.3 Å². The molecule has 0 fully saturated rings. The minimum Gasteiger partial charge on any atom is -0.481 e. The highest BCUT2D eigenvalue weighted by atomic mass is 16.4. The summed E-state index contributed by atoms with van der Waals surface area (Å²) in [6.45, 7) is 4.03. The average Bonchev–Trinajstić information content (AvgIpc) is 2.84. The molecule has 0 aliphatic heterocycles. The molecule has 0 saturated heterocycles. The zero-order valence-corrected chi connectivity index (χ0v) is 10.9. The number of nitrogens with one attached hydrogen (secondary N) is 1. The lowest BCUT2D eigenvalue weighted by molar-refractivity contribution is -0.147. The molecule has 1 aliphatic rings. The van der Waals surface area contributed by atoms with Crippen LogP contribution in [0.2, 0.25) is 0 Å². The van der Waals surface area contributed by atoms with Crippen molar-refractivity contribution in [1.29, 1.82) is 0 Å². The molecule has 0 radical (unpaired) electrons. The van der Waals surface area contributed by atoms with E-state index in [1.807, 2.05) is 6.92 Å². The number of aliphatic carboxylic acids is 1. The first-order valence-electron chi connectivity index (χ1n) is 6.37. The summed E-state index contributed by atoms with van der Waals surface area (Å²) in [5.41, 5.74) is 1.50. The number of aryl methyl sites for hydroxylation is 1. The number of rotatable bonds is 5. The van der Waals surface area contributed by atoms with Crippen molar-refractivity contribution in [1.82, 2.24) is 9.97 Å². The Hall–Kier alpha value is -1.65. The summed E-state index contributed by atoms with van der Waals surface area (Å²) < 4.78 is 0. The Bertz CT molecular complexity index is 462. The van der Waals surface area contributed by atoms with E-state index in [0.29, 0.717) is 13.0 Å². The summed E-state index contributed by atoms with van der Waals surface area (Å²) in [6.07, 6.45) is 5.22. The molecule has 0 bridgehead atoms. The van der Waals surface area contributed by atoms with E-state index in [0.717, 1.165) is 36.3 Å². The van der Waals surface area contributed by atoms with Crippen LogP contribution >= 0.6 is 0 Å². The van der Waals surface area contributed by atoms with Gasteiger partial charge < -0.3 is 10.4 Å². The Morgan fingerprint density at radius 2 is 2.28 bits per heavy atom. The molecule has 5 heteroatoms. The third-order valence-electron chi connectivity index (χ3n) is 3.82. The van der Waals surface area contributed by atoms with Crippen molar-refractivity contribution >= 4 is 11.8 Å². The van der Waals surface area contributed by atoms with Crippen LogP contribution in [0.4, 0.5) is 5.82 Å². The number of carboxylic acids is 1. The van der Waals surface area contributed by atoms with Crippen LogP contribution in [0.3, 0.4) is 0 Å². The molecule has 1 heterocycles. The summed E-state index contributed by atoms with van der Waals surface area (Å²) in [4.78, 5) is 19.7. The van der Waals surface area contributed by atoms with Crippen LogP contribution in [-0.4, -0.2) is 27.6 Å². The largest absolute Gasteiger partial charge is 0.481 e. The van der Waals surface area contributed by atoms with Crippen LogP contribution in [0.25, 0.3) is 0 Å². The maximum Gasteiger partial charge on any atom is 0.311 e. The average molecular weight is 249 g/mol. The first kappa shape index (κ1) is 12.8. The third-order valence-corrected chi connectivity index (χ3v) is 3.82. The van der Waals surface area contributed by atoms with E-state index in [1.165, 1.54) is 0 Å². The molecule has 2 rings (SSSR count). The standard InChI is InChI=1S/C13H19N3O2/c1-3-13(2,12(17)18)7-14-11-9-5-4-6-10(9)15-8-16-11/h8H,3-7H2,1-2H3,(H,17,18)(H,14,15,16). The summed E-state index contributed by atoms with van der Waals surface area (Å²) in [5, 5.41) is 12.4. The van der Waals surface area contributed by atoms with Crippen LogP contribution < -0.4 is 5.32 Å². The minimum absolute atomic E-state index is 0.391. The molecule has 98 valence electrons. The fraction of sp³-hybridized carbons (Fsp3) is 0.615. The summed E-state index contributed by atoms with van der Waals surface area (Å²) in [6, 6.07) is 0. The number of nitrogens with zero attached hydrogens (tertiary/aromatic N) is 2. The Balaban J connectivity index is 2.11. The molecule has 1 aromatic rings. The van der Waals surface area contributed by atoms with Gasteiger partial charge in [0.2, 0.25) is 0 Å². The molecular weight excluding hydrogens is 230 g/mol. The van der Waals surface area contributed by atoms with Crippen LogP contribution in [0.5, 0.6) is 0 Å². The molecule has 1 unspecified atom stereocenters. The molecule has 5 nitrogen and oxygen atoms in total. The molecule has 0 amide bonds. The Kier molecular flexibility index (Phi) is 3.50. The molecule has 0 aromatic carbocycles. The topological polar surface area (TPSA) is 75.1 Å². The summed E-state index contributed by atoms with van der Waals surface area (Å²) in [5.74, 6) is 0.0293. The summed E-state index contributed by atoms with van der Waals surface area (Å²) in [7, 11) is 0. The summed E-state index contributed by atoms with van der Waals surface area (Å²) >= 11 is 0. The number of anilines is 1. The van der Waals surface area contributed by atoms with Crippen LogP contribution in [0.15, 0.2) is 6.33 Å². The highest BCUT2D eigenvalue weighted by Crippen LogP contribution is 2.27. The first-order chi connectivity index (χ1) is 8.57. The maximum atomic E-state index is 11.2. The van der Waals surface area contributed by atoms with Crippen LogP contribution in [0, 0.1) is 5.41 Å². The molecule has 18 heavy (non-hydrogen) atoms. The Morgan fingerprint density at radius 3 is 2.94 bits per heavy atom. The third kappa shape index (κ3) is 2.30. The molecule has 2 N–H and O–H groups in total. The smallest absolute Gasteiger partial charge is 0.311 e. The molecule has 0 saturated carbocycles. The van der Waals surface area contributed by atoms with E-state index >= 15 is 0 Å². The Morgan fingerprint density at radius 1 is 1.50 bits per heavy atom. The number of carbonyl (C=O) groups is 1. The van der Waals surface area contributed by atoms with Gasteiger partial charge in [0, 0.05) is 17.8 Å². The van der Waals surface area contributed by atoms with Gasteiger partial charge in [0.25, 0.3) is 0 Å². The molecule has 1 aromatic heterocycles. The van der Waals surface area contributed by atoms with Gasteiger partial charge in [-0.25, -0.2) is 9.97 Å². The lowest BCUT2D eigenvalue weighted by Crippen LogP contribution is -2.34. The fourth-order valence-electron chi connectivity index (χ4n) is 2.14. The van der Waals surface area contributed by atoms with Crippen molar-refractivity contribution < 1.29 is 9.90 Å². The number of carboxylic acid groups (broad SMARTS) is 1. The van der Waals surface area contributed by atoms with Gasteiger partial charge in [0.15, 0.2) is 0 Å². The normalized spacial score (nSPS) is 17.0. The SMILES string of the molecule is CCC(C)(CNc1ncnc2c1CCC2)C(=O)O. The van der Waals surface area contributed by atoms with Crippen molar-refractivity contribution in [3.8, 4) is 0 Å². The zero-order chi connectivity index (χ0) is 13.2. The van der Waals surface area contributed by atoms with Crippen molar-refractivity contribution in [3.63, 3.8) is 0 Å². The quantitative estimate of drug-likeness (QED) is 0.833. The number of hydrogen-bond donors (Lipinski definition) is 2. The van der Waals surface area contributed by atoms with Gasteiger partial charge >= 0.3 is 5.97 Å². The van der Waals surface area contributed by atoms with Gasteiger partial charge in [0.1, 0.15) is 12.1 Å². The number of fused-ring (bicyclic) bond motifs is 1. The fourth-order valence-corrected chi connectivity index (χ4v) is 2.14. The first-order valence-corrected chi connectivity index (χ1v) is 6.37. The van der Waals surface area contributed by atoms with Crippen molar-refractivity contribution in [3.05, 3.63) is 17.6 Å². The zero-order valence-electron chi connectivity index (χ0n) is 10.9. The van der Waals surface area contributed by atoms with Crippen LogP contribution in [0.1, 0.15) is 37.9 Å². The van der Waals surface area contributed by atoms with E-state index in [-0.39, 0.29) is 0 Å². The molecular formula is C13H19N3O2. The second-order valence-corrected chi connectivity index (χ2v) is 5.07. The number of aromatic nitrogens is 2. The Labute approximate surface area is 107 Å². The van der Waals surface area contributed by atoms with E-state index in [4.69, 9.17) is 0 Å². The van der Waals surface area contributed by atoms with Crippen molar-refractivity contribution in [2.24, 2.45) is 5.41 Å². The molecule has 0 spiro atoms. The van der Waals surface area contributed by atoms with E-state index in [9.17, 15) is 9.90 Å². The van der Waals surface area contributed by atoms with Gasteiger partial charge in [-0.1, -0.05) is 6.92 Å².